The standard InChI is InChI=1S/C21H24N2O7/c1-13(2)15-5-8-17(9-6-15)29-12-20(24)30-14(3)21(25)22-18-11-16(23(26)27)7-10-19(18)28-4/h5-11,13-14H,12H2,1-4H3,(H,22,25)/t14-/m1/s1. The normalized spacial score (nSPS) is 11.5. The predicted molar refractivity (Wildman–Crippen MR) is 110 cm³/mol. The fourth-order valence-corrected chi connectivity index (χ4v) is 2.52. The Morgan fingerprint density at radius 2 is 1.77 bits per heavy atom. The van der Waals surface area contributed by atoms with Gasteiger partial charge in [-0.05, 0) is 36.6 Å². The van der Waals surface area contributed by atoms with Crippen LogP contribution in [0.25, 0.3) is 0 Å². The van der Waals surface area contributed by atoms with Crippen LogP contribution in [0, 0.1) is 10.1 Å². The van der Waals surface area contributed by atoms with Gasteiger partial charge in [0.2, 0.25) is 0 Å². The van der Waals surface area contributed by atoms with Gasteiger partial charge in [-0.2, -0.15) is 0 Å². The number of methoxy groups -OCH3 is 1. The topological polar surface area (TPSA) is 117 Å². The lowest BCUT2D eigenvalue weighted by Gasteiger charge is -2.15. The number of nitrogens with zero attached hydrogens (tertiary/aromatic N) is 1. The fraction of sp³-hybridized carbons (Fsp3) is 0.333. The number of esters is 1. The Morgan fingerprint density at radius 1 is 1.10 bits per heavy atom. The van der Waals surface area contributed by atoms with Gasteiger partial charge >= 0.3 is 5.97 Å². The highest BCUT2D eigenvalue weighted by Crippen LogP contribution is 2.29. The van der Waals surface area contributed by atoms with Gasteiger partial charge in [-0.1, -0.05) is 26.0 Å². The van der Waals surface area contributed by atoms with Crippen LogP contribution in [0.15, 0.2) is 42.5 Å². The Labute approximate surface area is 174 Å². The number of nitrogens with one attached hydrogen (secondary N) is 1. The summed E-state index contributed by atoms with van der Waals surface area (Å²) in [6.07, 6.45) is -1.15. The second-order valence-corrected chi connectivity index (χ2v) is 6.78. The zero-order valence-corrected chi connectivity index (χ0v) is 17.2. The first-order chi connectivity index (χ1) is 14.2. The lowest BCUT2D eigenvalue weighted by Crippen LogP contribution is -2.31. The van der Waals surface area contributed by atoms with Gasteiger partial charge in [-0.15, -0.1) is 0 Å². The van der Waals surface area contributed by atoms with Crippen molar-refractivity contribution in [2.45, 2.75) is 32.8 Å². The zero-order valence-electron chi connectivity index (χ0n) is 17.2. The van der Waals surface area contributed by atoms with Gasteiger partial charge in [-0.3, -0.25) is 14.9 Å². The Hall–Kier alpha value is -3.62. The Kier molecular flexibility index (Phi) is 7.74. The smallest absolute Gasteiger partial charge is 0.344 e. The van der Waals surface area contributed by atoms with E-state index in [1.54, 1.807) is 12.1 Å². The number of amides is 1. The summed E-state index contributed by atoms with van der Waals surface area (Å²) in [7, 11) is 1.37. The van der Waals surface area contributed by atoms with Crippen LogP contribution in [-0.4, -0.2) is 36.6 Å². The van der Waals surface area contributed by atoms with Crippen molar-refractivity contribution in [2.24, 2.45) is 0 Å². The van der Waals surface area contributed by atoms with Gasteiger partial charge in [0, 0.05) is 12.1 Å². The Bertz CT molecular complexity index is 910. The highest BCUT2D eigenvalue weighted by molar-refractivity contribution is 5.96. The third-order valence-electron chi connectivity index (χ3n) is 4.23. The maximum Gasteiger partial charge on any atom is 0.344 e. The molecule has 160 valence electrons. The molecule has 0 unspecified atom stereocenters. The van der Waals surface area contributed by atoms with Crippen molar-refractivity contribution in [3.63, 3.8) is 0 Å². The molecule has 1 atom stereocenters. The third kappa shape index (κ3) is 6.20. The first-order valence-electron chi connectivity index (χ1n) is 9.26. The summed E-state index contributed by atoms with van der Waals surface area (Å²) in [5.74, 6) is -0.261. The van der Waals surface area contributed by atoms with Crippen molar-refractivity contribution in [1.29, 1.82) is 0 Å². The van der Waals surface area contributed by atoms with Crippen LogP contribution < -0.4 is 14.8 Å². The molecule has 9 nitrogen and oxygen atoms in total. The van der Waals surface area contributed by atoms with Crippen LogP contribution in [0.1, 0.15) is 32.3 Å². The molecule has 2 aromatic carbocycles. The molecule has 2 rings (SSSR count). The minimum Gasteiger partial charge on any atom is -0.495 e. The number of nitro benzene ring substituents is 1. The number of carbonyl (C=O) groups excluding carboxylic acids is 2. The summed E-state index contributed by atoms with van der Waals surface area (Å²) in [4.78, 5) is 34.6. The van der Waals surface area contributed by atoms with Gasteiger partial charge < -0.3 is 19.5 Å². The van der Waals surface area contributed by atoms with Crippen molar-refractivity contribution in [1.82, 2.24) is 0 Å². The van der Waals surface area contributed by atoms with Crippen LogP contribution in [0.3, 0.4) is 0 Å². The average molecular weight is 416 g/mol. The maximum absolute atomic E-state index is 12.3. The van der Waals surface area contributed by atoms with Crippen molar-refractivity contribution < 1.29 is 28.7 Å². The van der Waals surface area contributed by atoms with Gasteiger partial charge in [0.1, 0.15) is 11.5 Å². The lowest BCUT2D eigenvalue weighted by molar-refractivity contribution is -0.384. The molecule has 1 N–H and O–H groups in total. The Balaban J connectivity index is 1.91. The Morgan fingerprint density at radius 3 is 2.33 bits per heavy atom. The van der Waals surface area contributed by atoms with Crippen LogP contribution >= 0.6 is 0 Å². The van der Waals surface area contributed by atoms with Gasteiger partial charge in [0.05, 0.1) is 17.7 Å². The summed E-state index contributed by atoms with van der Waals surface area (Å²) in [5.41, 5.74) is 1.03. The van der Waals surface area contributed by atoms with Crippen molar-refractivity contribution in [3.05, 3.63) is 58.1 Å². The second kappa shape index (κ2) is 10.2. The van der Waals surface area contributed by atoms with Crippen molar-refractivity contribution in [3.8, 4) is 11.5 Å². The molecule has 9 heteroatoms. The molecule has 0 heterocycles. The third-order valence-corrected chi connectivity index (χ3v) is 4.23. The fourth-order valence-electron chi connectivity index (χ4n) is 2.52. The predicted octanol–water partition coefficient (Wildman–Crippen LogP) is 3.68. The van der Waals surface area contributed by atoms with Crippen LogP contribution in [0.2, 0.25) is 0 Å². The maximum atomic E-state index is 12.3. The van der Waals surface area contributed by atoms with E-state index >= 15 is 0 Å². The van der Waals surface area contributed by atoms with Crippen molar-refractivity contribution >= 4 is 23.3 Å². The van der Waals surface area contributed by atoms with E-state index in [0.717, 1.165) is 11.6 Å². The number of hydrogen-bond donors (Lipinski definition) is 1. The molecule has 0 aliphatic rings. The molecule has 30 heavy (non-hydrogen) atoms. The number of anilines is 1. The minimum absolute atomic E-state index is 0.0982. The molecule has 0 aliphatic carbocycles. The first-order valence-corrected chi connectivity index (χ1v) is 9.26. The summed E-state index contributed by atoms with van der Waals surface area (Å²) >= 11 is 0. The number of non-ortho nitro benzene ring substituents is 1. The number of ether oxygens (including phenoxy) is 3. The van der Waals surface area contributed by atoms with Crippen LogP contribution in [-0.2, 0) is 14.3 Å². The van der Waals surface area contributed by atoms with E-state index in [4.69, 9.17) is 14.2 Å². The molecule has 0 radical (unpaired) electrons. The number of hydrogen-bond acceptors (Lipinski definition) is 7. The van der Waals surface area contributed by atoms with E-state index in [9.17, 15) is 19.7 Å². The van der Waals surface area contributed by atoms with E-state index in [0.29, 0.717) is 11.7 Å². The summed E-state index contributed by atoms with van der Waals surface area (Å²) in [6, 6.07) is 11.1. The van der Waals surface area contributed by atoms with E-state index < -0.39 is 22.9 Å². The number of nitro groups is 1. The van der Waals surface area contributed by atoms with Crippen molar-refractivity contribution in [2.75, 3.05) is 19.0 Å². The number of carbonyl (C=O) groups is 2. The molecular formula is C21H24N2O7. The molecule has 2 aromatic rings. The van der Waals surface area contributed by atoms with Crippen LogP contribution in [0.4, 0.5) is 11.4 Å². The zero-order chi connectivity index (χ0) is 22.3. The van der Waals surface area contributed by atoms with Crippen LogP contribution in [0.5, 0.6) is 11.5 Å². The molecule has 0 saturated carbocycles. The monoisotopic (exact) mass is 416 g/mol. The molecule has 0 aromatic heterocycles. The van der Waals surface area contributed by atoms with E-state index in [1.165, 1.54) is 26.2 Å². The van der Waals surface area contributed by atoms with Gasteiger partial charge in [0.25, 0.3) is 11.6 Å². The van der Waals surface area contributed by atoms with Gasteiger partial charge in [-0.25, -0.2) is 4.79 Å². The average Bonchev–Trinajstić information content (AvgIpc) is 2.72. The molecule has 0 fully saturated rings. The second-order valence-electron chi connectivity index (χ2n) is 6.78. The molecule has 0 aliphatic heterocycles. The molecule has 1 amide bonds. The highest BCUT2D eigenvalue weighted by Gasteiger charge is 2.21. The number of benzene rings is 2. The van der Waals surface area contributed by atoms with E-state index in [2.05, 4.69) is 19.2 Å². The molecular weight excluding hydrogens is 392 g/mol. The largest absolute Gasteiger partial charge is 0.495 e. The molecule has 0 spiro atoms. The number of rotatable bonds is 9. The van der Waals surface area contributed by atoms with E-state index in [-0.39, 0.29) is 23.7 Å². The molecule has 0 bridgehead atoms. The summed E-state index contributed by atoms with van der Waals surface area (Å²) < 4.78 is 15.5. The first kappa shape index (κ1) is 22.7. The van der Waals surface area contributed by atoms with Gasteiger partial charge in [0.15, 0.2) is 12.7 Å². The minimum atomic E-state index is -1.15. The lowest BCUT2D eigenvalue weighted by atomic mass is 10.0. The summed E-state index contributed by atoms with van der Waals surface area (Å²) in [6.45, 7) is 5.17. The van der Waals surface area contributed by atoms with E-state index in [1.807, 2.05) is 12.1 Å². The SMILES string of the molecule is COc1ccc([N+](=O)[O-])cc1NC(=O)[C@@H](C)OC(=O)COc1ccc(C(C)C)cc1. The highest BCUT2D eigenvalue weighted by atomic mass is 16.6. The molecule has 0 saturated heterocycles. The quantitative estimate of drug-likeness (QED) is 0.376. The summed E-state index contributed by atoms with van der Waals surface area (Å²) in [5, 5.41) is 13.4.